The zero-order valence-corrected chi connectivity index (χ0v) is 21.4. The highest BCUT2D eigenvalue weighted by atomic mass is 32.2. The van der Waals surface area contributed by atoms with Gasteiger partial charge in [0.05, 0.1) is 17.2 Å². The predicted octanol–water partition coefficient (Wildman–Crippen LogP) is 1.16. The van der Waals surface area contributed by atoms with Gasteiger partial charge in [-0.15, -0.1) is 0 Å². The number of hydrogen-bond acceptors (Lipinski definition) is 8. The molecule has 0 unspecified atom stereocenters. The number of sulfonamides is 1. The number of hydrogen-bond donors (Lipinski definition) is 3. The van der Waals surface area contributed by atoms with Gasteiger partial charge in [0.2, 0.25) is 15.9 Å². The van der Waals surface area contributed by atoms with Crippen LogP contribution in [0.5, 0.6) is 5.88 Å². The molecule has 2 aromatic heterocycles. The summed E-state index contributed by atoms with van der Waals surface area (Å²) in [7, 11) is -2.40. The third-order valence-corrected chi connectivity index (χ3v) is 8.27. The van der Waals surface area contributed by atoms with Crippen molar-refractivity contribution >= 4 is 26.8 Å². The summed E-state index contributed by atoms with van der Waals surface area (Å²) in [5.41, 5.74) is -0.383. The molecule has 1 amide bonds. The van der Waals surface area contributed by atoms with E-state index < -0.39 is 31.8 Å². The van der Waals surface area contributed by atoms with Gasteiger partial charge in [-0.05, 0) is 50.5 Å². The summed E-state index contributed by atoms with van der Waals surface area (Å²) in [6.45, 7) is 2.97. The van der Waals surface area contributed by atoms with Gasteiger partial charge in [0.25, 0.3) is 11.5 Å². The Labute approximate surface area is 213 Å². The molecule has 194 valence electrons. The molecule has 0 aliphatic heterocycles. The van der Waals surface area contributed by atoms with Crippen LogP contribution in [0.15, 0.2) is 41.3 Å². The van der Waals surface area contributed by atoms with Crippen LogP contribution < -0.4 is 20.8 Å². The van der Waals surface area contributed by atoms with E-state index in [4.69, 9.17) is 15.1 Å². The van der Waals surface area contributed by atoms with E-state index in [0.29, 0.717) is 29.4 Å². The summed E-state index contributed by atoms with van der Waals surface area (Å²) in [6.07, 6.45) is 2.08. The number of nitrogens with one attached hydrogen (secondary N) is 1. The summed E-state index contributed by atoms with van der Waals surface area (Å²) in [4.78, 5) is 30.5. The van der Waals surface area contributed by atoms with Crippen LogP contribution in [-0.2, 0) is 29.2 Å². The molecule has 1 aromatic carbocycles. The topological polar surface area (TPSA) is 177 Å². The molecule has 2 heterocycles. The molecule has 11 nitrogen and oxygen atoms in total. The first-order valence-corrected chi connectivity index (χ1v) is 13.0. The fraction of sp³-hybridized carbons (Fsp3) is 0.360. The third-order valence-electron chi connectivity index (χ3n) is 6.54. The molecule has 12 heteroatoms. The standard InChI is InChI=1S/C25H27N5O6S/c1-24(2,33)19-13-29-22(36-14-25(8-9-25)37(27,34)35)20-17(19)10-18(23(32)30(20)3)21(31)28-12-16-6-4-15(11-26)5-7-16/h4-7,10,13,33H,8-9,12,14H2,1-3H3,(H,28,31)(H2,27,34,35). The predicted molar refractivity (Wildman–Crippen MR) is 135 cm³/mol. The van der Waals surface area contributed by atoms with Crippen molar-refractivity contribution in [1.82, 2.24) is 14.9 Å². The van der Waals surface area contributed by atoms with Crippen molar-refractivity contribution in [3.05, 3.63) is 69.1 Å². The second-order valence-corrected chi connectivity index (χ2v) is 11.7. The lowest BCUT2D eigenvalue weighted by molar-refractivity contribution is 0.0796. The van der Waals surface area contributed by atoms with Crippen LogP contribution in [0.3, 0.4) is 0 Å². The highest BCUT2D eigenvalue weighted by Gasteiger charge is 2.54. The van der Waals surface area contributed by atoms with Gasteiger partial charge in [0.15, 0.2) is 0 Å². The van der Waals surface area contributed by atoms with Crippen molar-refractivity contribution in [2.75, 3.05) is 6.61 Å². The molecular formula is C25H27N5O6S. The van der Waals surface area contributed by atoms with E-state index in [-0.39, 0.29) is 30.1 Å². The summed E-state index contributed by atoms with van der Waals surface area (Å²) in [6, 6.07) is 10.1. The number of aromatic nitrogens is 2. The average Bonchev–Trinajstić information content (AvgIpc) is 3.64. The van der Waals surface area contributed by atoms with E-state index in [2.05, 4.69) is 10.3 Å². The first-order valence-electron chi connectivity index (χ1n) is 11.5. The molecule has 4 rings (SSSR count). The van der Waals surface area contributed by atoms with E-state index in [1.54, 1.807) is 38.1 Å². The van der Waals surface area contributed by atoms with Gasteiger partial charge >= 0.3 is 0 Å². The number of pyridine rings is 2. The van der Waals surface area contributed by atoms with Crippen LogP contribution in [0.2, 0.25) is 0 Å². The van der Waals surface area contributed by atoms with Gasteiger partial charge in [-0.1, -0.05) is 12.1 Å². The Morgan fingerprint density at radius 2 is 1.97 bits per heavy atom. The monoisotopic (exact) mass is 525 g/mol. The van der Waals surface area contributed by atoms with Crippen molar-refractivity contribution in [3.8, 4) is 11.9 Å². The first kappa shape index (κ1) is 26.3. The van der Waals surface area contributed by atoms with E-state index in [1.165, 1.54) is 23.9 Å². The zero-order chi connectivity index (χ0) is 27.2. The number of carbonyl (C=O) groups is 1. The fourth-order valence-corrected chi connectivity index (χ4v) is 4.93. The summed E-state index contributed by atoms with van der Waals surface area (Å²) < 4.78 is 29.7. The Kier molecular flexibility index (Phi) is 6.58. The molecule has 1 saturated carbocycles. The Hall–Kier alpha value is -3.79. The maximum atomic E-state index is 13.2. The van der Waals surface area contributed by atoms with E-state index in [9.17, 15) is 23.1 Å². The Morgan fingerprint density at radius 3 is 2.51 bits per heavy atom. The Morgan fingerprint density at radius 1 is 1.32 bits per heavy atom. The van der Waals surface area contributed by atoms with Crippen molar-refractivity contribution in [1.29, 1.82) is 5.26 Å². The normalized spacial score (nSPS) is 14.7. The number of benzene rings is 1. The molecule has 4 N–H and O–H groups in total. The summed E-state index contributed by atoms with van der Waals surface area (Å²) in [5.74, 6) is -0.638. The SMILES string of the molecule is Cn1c(=O)c(C(=O)NCc2ccc(C#N)cc2)cc2c(C(C)(C)O)cnc(OCC3(S(N)(=O)=O)CC3)c21. The highest BCUT2D eigenvalue weighted by molar-refractivity contribution is 7.90. The van der Waals surface area contributed by atoms with Crippen LogP contribution >= 0.6 is 0 Å². The number of aliphatic hydroxyl groups is 1. The molecule has 3 aromatic rings. The number of rotatable bonds is 8. The van der Waals surface area contributed by atoms with Crippen LogP contribution in [0.1, 0.15) is 53.7 Å². The van der Waals surface area contributed by atoms with Crippen molar-refractivity contribution in [2.24, 2.45) is 12.2 Å². The van der Waals surface area contributed by atoms with Gasteiger partial charge in [-0.25, -0.2) is 18.5 Å². The maximum absolute atomic E-state index is 13.2. The maximum Gasteiger partial charge on any atom is 0.263 e. The van der Waals surface area contributed by atoms with Crippen LogP contribution in [-0.4, -0.2) is 40.3 Å². The molecule has 37 heavy (non-hydrogen) atoms. The lowest BCUT2D eigenvalue weighted by Crippen LogP contribution is -2.36. The lowest BCUT2D eigenvalue weighted by atomic mass is 9.95. The van der Waals surface area contributed by atoms with Crippen LogP contribution in [0, 0.1) is 11.3 Å². The second-order valence-electron chi connectivity index (χ2n) is 9.73. The lowest BCUT2D eigenvalue weighted by Gasteiger charge is -2.23. The summed E-state index contributed by atoms with van der Waals surface area (Å²) in [5, 5.41) is 28.1. The fourth-order valence-electron chi connectivity index (χ4n) is 4.04. The largest absolute Gasteiger partial charge is 0.474 e. The molecule has 0 spiro atoms. The Balaban J connectivity index is 1.73. The first-order chi connectivity index (χ1) is 17.3. The van der Waals surface area contributed by atoms with Crippen molar-refractivity contribution in [2.45, 2.75) is 43.6 Å². The van der Waals surface area contributed by atoms with Gasteiger partial charge in [-0.2, -0.15) is 5.26 Å². The highest BCUT2D eigenvalue weighted by Crippen LogP contribution is 2.43. The number of amides is 1. The summed E-state index contributed by atoms with van der Waals surface area (Å²) >= 11 is 0. The third kappa shape index (κ3) is 5.06. The van der Waals surface area contributed by atoms with Gasteiger partial charge < -0.3 is 19.7 Å². The van der Waals surface area contributed by atoms with E-state index in [0.717, 1.165) is 5.56 Å². The van der Waals surface area contributed by atoms with Gasteiger partial charge in [0, 0.05) is 30.7 Å². The van der Waals surface area contributed by atoms with Crippen LogP contribution in [0.4, 0.5) is 0 Å². The molecule has 0 bridgehead atoms. The van der Waals surface area contributed by atoms with Crippen LogP contribution in [0.25, 0.3) is 10.9 Å². The van der Waals surface area contributed by atoms with Gasteiger partial charge in [0.1, 0.15) is 22.4 Å². The average molecular weight is 526 g/mol. The number of nitriles is 1. The smallest absolute Gasteiger partial charge is 0.263 e. The van der Waals surface area contributed by atoms with Crippen molar-refractivity contribution in [3.63, 3.8) is 0 Å². The number of fused-ring (bicyclic) bond motifs is 1. The number of nitrogens with zero attached hydrogens (tertiary/aromatic N) is 3. The number of primary sulfonamides is 1. The van der Waals surface area contributed by atoms with E-state index in [1.807, 2.05) is 6.07 Å². The number of aryl methyl sites for hydroxylation is 1. The zero-order valence-electron chi connectivity index (χ0n) is 20.6. The molecular weight excluding hydrogens is 498 g/mol. The molecule has 1 aliphatic carbocycles. The molecule has 0 radical (unpaired) electrons. The number of ether oxygens (including phenoxy) is 1. The van der Waals surface area contributed by atoms with Crippen molar-refractivity contribution < 1.29 is 23.1 Å². The molecule has 1 fully saturated rings. The molecule has 1 aliphatic rings. The quantitative estimate of drug-likeness (QED) is 0.392. The van der Waals surface area contributed by atoms with E-state index >= 15 is 0 Å². The number of nitrogens with two attached hydrogens (primary N) is 1. The number of carbonyl (C=O) groups excluding carboxylic acids is 1. The second kappa shape index (κ2) is 9.26. The molecule has 0 saturated heterocycles. The minimum Gasteiger partial charge on any atom is -0.474 e. The minimum absolute atomic E-state index is 0.0120. The van der Waals surface area contributed by atoms with Gasteiger partial charge in [-0.3, -0.25) is 9.59 Å². The molecule has 0 atom stereocenters. The Bertz CT molecular complexity index is 1590. The minimum atomic E-state index is -3.85.